The first kappa shape index (κ1) is 16.3. The Kier molecular flexibility index (Phi) is 5.92. The van der Waals surface area contributed by atoms with Gasteiger partial charge < -0.3 is 10.2 Å². The molecule has 0 aliphatic carbocycles. The molecule has 1 aromatic carbocycles. The summed E-state index contributed by atoms with van der Waals surface area (Å²) >= 11 is 0. The van der Waals surface area contributed by atoms with E-state index in [0.29, 0.717) is 6.54 Å². The molecule has 1 aromatic rings. The summed E-state index contributed by atoms with van der Waals surface area (Å²) < 4.78 is 0. The first-order valence-corrected chi connectivity index (χ1v) is 9.19. The molecule has 126 valence electrons. The van der Waals surface area contributed by atoms with Gasteiger partial charge in [0.15, 0.2) is 0 Å². The molecule has 0 saturated carbocycles. The molecule has 2 aliphatic heterocycles. The van der Waals surface area contributed by atoms with E-state index in [1.165, 1.54) is 50.6 Å². The second kappa shape index (κ2) is 8.34. The maximum absolute atomic E-state index is 12.5. The second-order valence-corrected chi connectivity index (χ2v) is 6.80. The normalized spacial score (nSPS) is 20.1. The van der Waals surface area contributed by atoms with Gasteiger partial charge in [0.2, 0.25) is 5.91 Å². The molecule has 23 heavy (non-hydrogen) atoms. The van der Waals surface area contributed by atoms with Crippen molar-refractivity contribution in [3.8, 4) is 0 Å². The quantitative estimate of drug-likeness (QED) is 0.924. The van der Waals surface area contributed by atoms with Gasteiger partial charge in [-0.15, -0.1) is 0 Å². The number of hydrogen-bond donors (Lipinski definition) is 1. The number of rotatable bonds is 4. The van der Waals surface area contributed by atoms with Crippen LogP contribution in [0, 0.1) is 0 Å². The van der Waals surface area contributed by atoms with Crippen LogP contribution in [0.2, 0.25) is 0 Å². The van der Waals surface area contributed by atoms with E-state index in [2.05, 4.69) is 27.2 Å². The van der Waals surface area contributed by atoms with Crippen molar-refractivity contribution in [3.05, 3.63) is 24.3 Å². The van der Waals surface area contributed by atoms with E-state index in [4.69, 9.17) is 0 Å². The molecule has 0 aromatic heterocycles. The van der Waals surface area contributed by atoms with Crippen molar-refractivity contribution in [3.63, 3.8) is 0 Å². The zero-order valence-corrected chi connectivity index (χ0v) is 14.1. The lowest BCUT2D eigenvalue weighted by atomic mass is 10.1. The third-order valence-electron chi connectivity index (χ3n) is 4.94. The Labute approximate surface area is 139 Å². The number of amides is 1. The molecule has 0 radical (unpaired) electrons. The molecule has 2 heterocycles. The van der Waals surface area contributed by atoms with Crippen molar-refractivity contribution in [1.29, 1.82) is 0 Å². The van der Waals surface area contributed by atoms with E-state index < -0.39 is 0 Å². The number of nitrogens with zero attached hydrogens (tertiary/aromatic N) is 2. The topological polar surface area (TPSA) is 35.6 Å². The fourth-order valence-corrected chi connectivity index (χ4v) is 3.68. The second-order valence-electron chi connectivity index (χ2n) is 6.80. The molecule has 0 unspecified atom stereocenters. The van der Waals surface area contributed by atoms with Crippen molar-refractivity contribution in [2.24, 2.45) is 0 Å². The number of likely N-dealkylation sites (tertiary alicyclic amines) is 1. The number of benzene rings is 1. The molecule has 0 bridgehead atoms. The number of anilines is 2. The smallest absolute Gasteiger partial charge is 0.238 e. The van der Waals surface area contributed by atoms with Crippen LogP contribution in [0.3, 0.4) is 0 Å². The van der Waals surface area contributed by atoms with Crippen LogP contribution in [0.4, 0.5) is 11.4 Å². The molecular formula is C19H29N3O. The summed E-state index contributed by atoms with van der Waals surface area (Å²) in [6.07, 6.45) is 8.85. The number of carbonyl (C=O) groups is 1. The molecule has 2 saturated heterocycles. The van der Waals surface area contributed by atoms with Gasteiger partial charge in [0, 0.05) is 13.1 Å². The van der Waals surface area contributed by atoms with Crippen molar-refractivity contribution >= 4 is 17.3 Å². The number of para-hydroxylation sites is 2. The summed E-state index contributed by atoms with van der Waals surface area (Å²) in [5, 5.41) is 3.15. The van der Waals surface area contributed by atoms with E-state index in [9.17, 15) is 4.79 Å². The van der Waals surface area contributed by atoms with Gasteiger partial charge in [-0.05, 0) is 57.3 Å². The van der Waals surface area contributed by atoms with Crippen LogP contribution in [0.15, 0.2) is 24.3 Å². The van der Waals surface area contributed by atoms with Crippen LogP contribution < -0.4 is 10.2 Å². The number of nitrogens with one attached hydrogen (secondary N) is 1. The van der Waals surface area contributed by atoms with E-state index in [1.54, 1.807) is 0 Å². The van der Waals surface area contributed by atoms with Gasteiger partial charge in [-0.1, -0.05) is 25.0 Å². The fourth-order valence-electron chi connectivity index (χ4n) is 3.68. The molecule has 0 atom stereocenters. The molecule has 0 spiro atoms. The molecule has 2 fully saturated rings. The van der Waals surface area contributed by atoms with E-state index in [1.807, 2.05) is 12.1 Å². The fraction of sp³-hybridized carbons (Fsp3) is 0.632. The third kappa shape index (κ3) is 4.71. The van der Waals surface area contributed by atoms with Crippen molar-refractivity contribution in [1.82, 2.24) is 4.90 Å². The summed E-state index contributed by atoms with van der Waals surface area (Å²) in [6, 6.07) is 8.24. The Balaban J connectivity index is 1.61. The minimum atomic E-state index is 0.122. The SMILES string of the molecule is O=C(CN1CCCCCC1)Nc1ccccc1N1CCCCC1. The summed E-state index contributed by atoms with van der Waals surface area (Å²) in [7, 11) is 0. The lowest BCUT2D eigenvalue weighted by Crippen LogP contribution is -2.35. The van der Waals surface area contributed by atoms with Crippen molar-refractivity contribution < 1.29 is 4.79 Å². The maximum atomic E-state index is 12.5. The van der Waals surface area contributed by atoms with Gasteiger partial charge >= 0.3 is 0 Å². The summed E-state index contributed by atoms with van der Waals surface area (Å²) in [6.45, 7) is 4.83. The maximum Gasteiger partial charge on any atom is 0.238 e. The van der Waals surface area contributed by atoms with Crippen LogP contribution in [0.1, 0.15) is 44.9 Å². The molecule has 3 rings (SSSR count). The zero-order valence-electron chi connectivity index (χ0n) is 14.1. The van der Waals surface area contributed by atoms with E-state index in [-0.39, 0.29) is 5.91 Å². The Bertz CT molecular complexity index is 503. The minimum Gasteiger partial charge on any atom is -0.370 e. The van der Waals surface area contributed by atoms with E-state index in [0.717, 1.165) is 31.9 Å². The van der Waals surface area contributed by atoms with Crippen molar-refractivity contribution in [2.75, 3.05) is 42.9 Å². The number of hydrogen-bond acceptors (Lipinski definition) is 3. The summed E-state index contributed by atoms with van der Waals surface area (Å²) in [5.74, 6) is 0.122. The first-order valence-electron chi connectivity index (χ1n) is 9.19. The van der Waals surface area contributed by atoms with E-state index >= 15 is 0 Å². The molecule has 4 heteroatoms. The Morgan fingerprint density at radius 3 is 2.22 bits per heavy atom. The first-order chi connectivity index (χ1) is 11.3. The molecule has 4 nitrogen and oxygen atoms in total. The molecule has 2 aliphatic rings. The van der Waals surface area contributed by atoms with Gasteiger partial charge in [0.25, 0.3) is 0 Å². The highest BCUT2D eigenvalue weighted by molar-refractivity contribution is 5.95. The van der Waals surface area contributed by atoms with Gasteiger partial charge in [0.05, 0.1) is 17.9 Å². The highest BCUT2D eigenvalue weighted by Gasteiger charge is 2.17. The predicted molar refractivity (Wildman–Crippen MR) is 96.0 cm³/mol. The highest BCUT2D eigenvalue weighted by atomic mass is 16.2. The predicted octanol–water partition coefficient (Wildman–Crippen LogP) is 3.49. The van der Waals surface area contributed by atoms with Gasteiger partial charge in [-0.3, -0.25) is 9.69 Å². The highest BCUT2D eigenvalue weighted by Crippen LogP contribution is 2.28. The van der Waals surface area contributed by atoms with Crippen LogP contribution in [-0.2, 0) is 4.79 Å². The standard InChI is InChI=1S/C19H29N3O/c23-19(16-21-12-6-1-2-7-13-21)20-17-10-4-5-11-18(17)22-14-8-3-9-15-22/h4-5,10-11H,1-3,6-9,12-16H2,(H,20,23). The van der Waals surface area contributed by atoms with Crippen LogP contribution >= 0.6 is 0 Å². The Morgan fingerprint density at radius 2 is 1.48 bits per heavy atom. The van der Waals surface area contributed by atoms with Gasteiger partial charge in [-0.25, -0.2) is 0 Å². The lowest BCUT2D eigenvalue weighted by molar-refractivity contribution is -0.117. The molecule has 1 N–H and O–H groups in total. The van der Waals surface area contributed by atoms with Gasteiger partial charge in [0.1, 0.15) is 0 Å². The number of piperidine rings is 1. The van der Waals surface area contributed by atoms with Crippen molar-refractivity contribution in [2.45, 2.75) is 44.9 Å². The average molecular weight is 315 g/mol. The zero-order chi connectivity index (χ0) is 15.9. The molecule has 1 amide bonds. The Hall–Kier alpha value is -1.55. The number of carbonyl (C=O) groups excluding carboxylic acids is 1. The van der Waals surface area contributed by atoms with Crippen LogP contribution in [0.25, 0.3) is 0 Å². The molecular weight excluding hydrogens is 286 g/mol. The van der Waals surface area contributed by atoms with Crippen LogP contribution in [-0.4, -0.2) is 43.5 Å². The average Bonchev–Trinajstić information content (AvgIpc) is 2.85. The van der Waals surface area contributed by atoms with Crippen LogP contribution in [0.5, 0.6) is 0 Å². The van der Waals surface area contributed by atoms with Gasteiger partial charge in [-0.2, -0.15) is 0 Å². The largest absolute Gasteiger partial charge is 0.370 e. The summed E-state index contributed by atoms with van der Waals surface area (Å²) in [4.78, 5) is 17.2. The third-order valence-corrected chi connectivity index (χ3v) is 4.94. The summed E-state index contributed by atoms with van der Waals surface area (Å²) in [5.41, 5.74) is 2.14. The minimum absolute atomic E-state index is 0.122. The Morgan fingerprint density at radius 1 is 0.870 bits per heavy atom. The lowest BCUT2D eigenvalue weighted by Gasteiger charge is -2.30. The monoisotopic (exact) mass is 315 g/mol.